The summed E-state index contributed by atoms with van der Waals surface area (Å²) in [5, 5.41) is 0. The normalized spacial score (nSPS) is 16.1. The average Bonchev–Trinajstić information content (AvgIpc) is 2.42. The Labute approximate surface area is 140 Å². The van der Waals surface area contributed by atoms with E-state index in [0.717, 1.165) is 19.8 Å². The van der Waals surface area contributed by atoms with Crippen LogP contribution in [0.5, 0.6) is 0 Å². The Hall–Kier alpha value is -0.500. The van der Waals surface area contributed by atoms with Crippen molar-refractivity contribution in [2.45, 2.75) is 13.1 Å². The van der Waals surface area contributed by atoms with Crippen LogP contribution >= 0.6 is 45.2 Å². The lowest BCUT2D eigenvalue weighted by Gasteiger charge is -2.45. The second-order valence-electron chi connectivity index (χ2n) is 5.01. The van der Waals surface area contributed by atoms with Gasteiger partial charge in [0.15, 0.2) is 0 Å². The number of benzene rings is 2. The van der Waals surface area contributed by atoms with Crippen molar-refractivity contribution in [2.24, 2.45) is 0 Å². The molecule has 0 radical (unpaired) electrons. The van der Waals surface area contributed by atoms with E-state index in [-0.39, 0.29) is 0 Å². The Morgan fingerprint density at radius 1 is 0.737 bits per heavy atom. The van der Waals surface area contributed by atoms with Gasteiger partial charge >= 0.3 is 0 Å². The van der Waals surface area contributed by atoms with Crippen LogP contribution < -0.4 is 9.80 Å². The van der Waals surface area contributed by atoms with Gasteiger partial charge in [0.1, 0.15) is 0 Å². The number of anilines is 2. The molecule has 19 heavy (non-hydrogen) atoms. The summed E-state index contributed by atoms with van der Waals surface area (Å²) in [5.74, 6) is 0. The summed E-state index contributed by atoms with van der Waals surface area (Å²) >= 11 is 4.91. The van der Waals surface area contributed by atoms with E-state index in [1.807, 2.05) is 0 Å². The maximum Gasteiger partial charge on any atom is 0.0910 e. The third kappa shape index (κ3) is 1.86. The predicted octanol–water partition coefficient (Wildman–Crippen LogP) is 4.19. The number of hydrogen-bond donors (Lipinski definition) is 0. The largest absolute Gasteiger partial charge is 0.349 e. The molecular weight excluding hydrogens is 462 g/mol. The van der Waals surface area contributed by atoms with Gasteiger partial charge in [-0.3, -0.25) is 0 Å². The van der Waals surface area contributed by atoms with Gasteiger partial charge in [-0.1, -0.05) is 12.1 Å². The van der Waals surface area contributed by atoms with Crippen molar-refractivity contribution in [1.29, 1.82) is 0 Å². The first-order chi connectivity index (χ1) is 9.24. The zero-order chi connectivity index (χ0) is 13.0. The Bertz CT molecular complexity index is 612. The summed E-state index contributed by atoms with van der Waals surface area (Å²) in [6.45, 7) is 3.07. The molecule has 2 bridgehead atoms. The van der Waals surface area contributed by atoms with E-state index in [2.05, 4.69) is 91.4 Å². The van der Waals surface area contributed by atoms with Gasteiger partial charge in [-0.15, -0.1) is 0 Å². The molecule has 2 aromatic rings. The average molecular weight is 474 g/mol. The Morgan fingerprint density at radius 2 is 1.21 bits per heavy atom. The van der Waals surface area contributed by atoms with Gasteiger partial charge < -0.3 is 9.80 Å². The van der Waals surface area contributed by atoms with Crippen LogP contribution in [0.15, 0.2) is 36.4 Å². The summed E-state index contributed by atoms with van der Waals surface area (Å²) in [7, 11) is 0. The highest BCUT2D eigenvalue weighted by atomic mass is 127. The van der Waals surface area contributed by atoms with E-state index in [9.17, 15) is 0 Å². The highest BCUT2D eigenvalue weighted by molar-refractivity contribution is 14.1. The van der Waals surface area contributed by atoms with E-state index < -0.39 is 0 Å². The quantitative estimate of drug-likeness (QED) is 0.529. The Kier molecular flexibility index (Phi) is 2.91. The fourth-order valence-electron chi connectivity index (χ4n) is 3.01. The first-order valence-electron chi connectivity index (χ1n) is 6.29. The monoisotopic (exact) mass is 474 g/mol. The van der Waals surface area contributed by atoms with Gasteiger partial charge in [-0.2, -0.15) is 0 Å². The van der Waals surface area contributed by atoms with E-state index >= 15 is 0 Å². The van der Waals surface area contributed by atoms with E-state index in [1.165, 1.54) is 29.6 Å². The maximum atomic E-state index is 2.49. The summed E-state index contributed by atoms with van der Waals surface area (Å²) in [4.78, 5) is 4.98. The Balaban J connectivity index is 1.89. The molecule has 0 aliphatic carbocycles. The molecule has 0 spiro atoms. The zero-order valence-electron chi connectivity index (χ0n) is 10.2. The standard InChI is InChI=1S/C15H12I2N2/c16-12-3-1-5-14-10(12)7-19-9-18(14)8-11-13(17)4-2-6-15(11)19/h1-6H,7-9H2. The molecule has 0 fully saturated rings. The molecular formula is C15H12I2N2. The molecule has 2 heterocycles. The predicted molar refractivity (Wildman–Crippen MR) is 95.6 cm³/mol. The molecule has 0 saturated heterocycles. The number of hydrogen-bond acceptors (Lipinski definition) is 2. The van der Waals surface area contributed by atoms with Gasteiger partial charge in [0.05, 0.1) is 6.67 Å². The van der Waals surface area contributed by atoms with Gasteiger partial charge in [0.2, 0.25) is 0 Å². The molecule has 4 heteroatoms. The summed E-state index contributed by atoms with van der Waals surface area (Å²) in [6, 6.07) is 13.3. The van der Waals surface area contributed by atoms with E-state index in [4.69, 9.17) is 0 Å². The third-order valence-electron chi connectivity index (χ3n) is 3.91. The number of rotatable bonds is 0. The molecule has 0 unspecified atom stereocenters. The summed E-state index contributed by atoms with van der Waals surface area (Å²) < 4.78 is 2.75. The van der Waals surface area contributed by atoms with Gasteiger partial charge in [-0.05, 0) is 69.4 Å². The maximum absolute atomic E-state index is 2.49. The topological polar surface area (TPSA) is 6.48 Å². The van der Waals surface area contributed by atoms with Crippen molar-refractivity contribution >= 4 is 56.6 Å². The van der Waals surface area contributed by atoms with Crippen LogP contribution in [-0.4, -0.2) is 6.67 Å². The van der Waals surface area contributed by atoms with Crippen LogP contribution in [0.25, 0.3) is 0 Å². The summed E-state index contributed by atoms with van der Waals surface area (Å²) in [6.07, 6.45) is 0. The van der Waals surface area contributed by atoms with Crippen molar-refractivity contribution in [3.63, 3.8) is 0 Å². The van der Waals surface area contributed by atoms with E-state index in [1.54, 1.807) is 0 Å². The van der Waals surface area contributed by atoms with Gasteiger partial charge in [0, 0.05) is 42.7 Å². The van der Waals surface area contributed by atoms with Crippen molar-refractivity contribution in [1.82, 2.24) is 0 Å². The molecule has 2 aliphatic rings. The molecule has 2 aromatic carbocycles. The second-order valence-corrected chi connectivity index (χ2v) is 7.34. The minimum Gasteiger partial charge on any atom is -0.349 e. The SMILES string of the molecule is Ic1cccc2c1CN1CN2Cc2c(I)cccc21. The summed E-state index contributed by atoms with van der Waals surface area (Å²) in [5.41, 5.74) is 5.76. The molecule has 2 nitrogen and oxygen atoms in total. The Morgan fingerprint density at radius 3 is 1.68 bits per heavy atom. The van der Waals surface area contributed by atoms with Crippen LogP contribution in [0.2, 0.25) is 0 Å². The lowest BCUT2D eigenvalue weighted by atomic mass is 10.0. The molecule has 0 saturated carbocycles. The first-order valence-corrected chi connectivity index (χ1v) is 8.44. The lowest BCUT2D eigenvalue weighted by Crippen LogP contribution is -2.46. The number of nitrogens with zero attached hydrogens (tertiary/aromatic N) is 2. The molecule has 0 aromatic heterocycles. The van der Waals surface area contributed by atoms with E-state index in [0.29, 0.717) is 0 Å². The minimum atomic E-state index is 1.01. The second kappa shape index (κ2) is 4.51. The lowest BCUT2D eigenvalue weighted by molar-refractivity contribution is 0.647. The smallest absolute Gasteiger partial charge is 0.0910 e. The molecule has 0 N–H and O–H groups in total. The van der Waals surface area contributed by atoms with Crippen molar-refractivity contribution in [3.05, 3.63) is 54.7 Å². The molecule has 2 aliphatic heterocycles. The van der Waals surface area contributed by atoms with Crippen LogP contribution in [-0.2, 0) is 13.1 Å². The number of fused-ring (bicyclic) bond motifs is 6. The highest BCUT2D eigenvalue weighted by Crippen LogP contribution is 2.40. The number of halogens is 2. The van der Waals surface area contributed by atoms with Crippen LogP contribution in [0.3, 0.4) is 0 Å². The molecule has 4 rings (SSSR count). The fraction of sp³-hybridized carbons (Fsp3) is 0.200. The van der Waals surface area contributed by atoms with Crippen molar-refractivity contribution < 1.29 is 0 Å². The van der Waals surface area contributed by atoms with Crippen LogP contribution in [0.1, 0.15) is 11.1 Å². The van der Waals surface area contributed by atoms with Gasteiger partial charge in [0.25, 0.3) is 0 Å². The van der Waals surface area contributed by atoms with Gasteiger partial charge in [-0.25, -0.2) is 0 Å². The van der Waals surface area contributed by atoms with Crippen LogP contribution in [0.4, 0.5) is 11.4 Å². The minimum absolute atomic E-state index is 1.01. The first kappa shape index (κ1) is 12.3. The van der Waals surface area contributed by atoms with Crippen LogP contribution in [0, 0.1) is 7.14 Å². The molecule has 0 atom stereocenters. The molecule has 96 valence electrons. The zero-order valence-corrected chi connectivity index (χ0v) is 14.6. The fourth-order valence-corrected chi connectivity index (χ4v) is 4.32. The third-order valence-corrected chi connectivity index (χ3v) is 5.93. The van der Waals surface area contributed by atoms with Crippen molar-refractivity contribution in [2.75, 3.05) is 16.5 Å². The van der Waals surface area contributed by atoms with Crippen molar-refractivity contribution in [3.8, 4) is 0 Å². The molecule has 0 amide bonds. The highest BCUT2D eigenvalue weighted by Gasteiger charge is 2.30.